The first-order valence-corrected chi connectivity index (χ1v) is 14.5. The molecule has 0 spiro atoms. The smallest absolute Gasteiger partial charge is 0.409 e. The maximum atomic E-state index is 13.7. The minimum absolute atomic E-state index is 0.0224. The second-order valence-corrected chi connectivity index (χ2v) is 12.1. The van der Waals surface area contributed by atoms with E-state index < -0.39 is 59.6 Å². The van der Waals surface area contributed by atoms with E-state index in [1.807, 2.05) is 19.1 Å². The Hall–Kier alpha value is -2.86. The molecule has 0 radical (unpaired) electrons. The standard InChI is InChI=1S/C30H41ClN2O9/c1-16(2)27(35)41-23-14-24(34)33(5)19-12-18(13-20(38-6)25(19)31)10-8-9-11-22(39-7)30(37)15-21(40-28(36)32-30)17(3)26-29(23,4)42-26/h9,11-13,16-17,21-23,26,37H,8,10,14-15H2,1-7H3,(H,32,36)/b11-9+/t17-,21+,22-,23+,26+,29-,30+/m1/s1. The van der Waals surface area contributed by atoms with Gasteiger partial charge in [0.15, 0.2) is 5.72 Å². The Balaban J connectivity index is 1.76. The second-order valence-electron chi connectivity index (χ2n) is 11.8. The third kappa shape index (κ3) is 6.39. The van der Waals surface area contributed by atoms with Crippen LogP contribution in [0, 0.1) is 11.8 Å². The topological polar surface area (TPSA) is 136 Å². The van der Waals surface area contributed by atoms with E-state index in [4.69, 9.17) is 35.3 Å². The maximum absolute atomic E-state index is 13.7. The van der Waals surface area contributed by atoms with Crippen LogP contribution in [-0.2, 0) is 35.0 Å². The van der Waals surface area contributed by atoms with Gasteiger partial charge in [-0.15, -0.1) is 0 Å². The Morgan fingerprint density at radius 2 is 1.98 bits per heavy atom. The summed E-state index contributed by atoms with van der Waals surface area (Å²) in [5.41, 5.74) is -1.48. The number of aliphatic hydroxyl groups is 1. The number of amides is 2. The minimum atomic E-state index is -1.74. The van der Waals surface area contributed by atoms with Gasteiger partial charge in [-0.25, -0.2) is 4.79 Å². The molecule has 0 aliphatic carbocycles. The van der Waals surface area contributed by atoms with Gasteiger partial charge in [0.1, 0.15) is 34.7 Å². The van der Waals surface area contributed by atoms with Crippen molar-refractivity contribution in [3.05, 3.63) is 34.9 Å². The Morgan fingerprint density at radius 1 is 1.26 bits per heavy atom. The zero-order chi connectivity index (χ0) is 31.0. The first-order valence-electron chi connectivity index (χ1n) is 14.2. The van der Waals surface area contributed by atoms with E-state index in [0.717, 1.165) is 5.56 Å². The zero-order valence-electron chi connectivity index (χ0n) is 25.1. The highest BCUT2D eigenvalue weighted by atomic mass is 35.5. The lowest BCUT2D eigenvalue weighted by molar-refractivity contribution is -0.157. The van der Waals surface area contributed by atoms with E-state index in [0.29, 0.717) is 24.3 Å². The van der Waals surface area contributed by atoms with Gasteiger partial charge >= 0.3 is 12.1 Å². The van der Waals surface area contributed by atoms with E-state index in [2.05, 4.69) is 5.32 Å². The van der Waals surface area contributed by atoms with Crippen molar-refractivity contribution < 1.29 is 43.2 Å². The van der Waals surface area contributed by atoms with Crippen LogP contribution in [0.25, 0.3) is 0 Å². The van der Waals surface area contributed by atoms with Gasteiger partial charge in [-0.1, -0.05) is 44.5 Å². The number of methoxy groups -OCH3 is 2. The van der Waals surface area contributed by atoms with E-state index in [1.165, 1.54) is 19.1 Å². The number of allylic oxidation sites excluding steroid dienone is 1. The van der Waals surface area contributed by atoms with Gasteiger partial charge in [-0.2, -0.15) is 0 Å². The predicted molar refractivity (Wildman–Crippen MR) is 154 cm³/mol. The molecular weight excluding hydrogens is 568 g/mol. The summed E-state index contributed by atoms with van der Waals surface area (Å²) in [4.78, 5) is 40.5. The van der Waals surface area contributed by atoms with Crippen molar-refractivity contribution in [3.8, 4) is 5.75 Å². The number of alkyl carbamates (subject to hydrolysis) is 1. The molecule has 0 aromatic heterocycles. The number of hydrogen-bond donors (Lipinski definition) is 2. The molecule has 3 heterocycles. The largest absolute Gasteiger partial charge is 0.495 e. The highest BCUT2D eigenvalue weighted by molar-refractivity contribution is 6.35. The predicted octanol–water partition coefficient (Wildman–Crippen LogP) is 3.77. The van der Waals surface area contributed by atoms with E-state index >= 15 is 0 Å². The number of carbonyl (C=O) groups excluding carboxylic acids is 3. The first kappa shape index (κ1) is 32.1. The number of carbonyl (C=O) groups is 3. The van der Waals surface area contributed by atoms with Crippen molar-refractivity contribution in [3.63, 3.8) is 0 Å². The fourth-order valence-electron chi connectivity index (χ4n) is 5.69. The highest BCUT2D eigenvalue weighted by Gasteiger charge is 2.64. The second kappa shape index (κ2) is 12.4. The lowest BCUT2D eigenvalue weighted by Gasteiger charge is -2.42. The number of rotatable bonds is 4. The summed E-state index contributed by atoms with van der Waals surface area (Å²) in [6.45, 7) is 7.02. The molecule has 1 aromatic carbocycles. The van der Waals surface area contributed by atoms with E-state index in [9.17, 15) is 19.5 Å². The number of ether oxygens (including phenoxy) is 5. The quantitative estimate of drug-likeness (QED) is 0.297. The third-order valence-corrected chi connectivity index (χ3v) is 8.82. The summed E-state index contributed by atoms with van der Waals surface area (Å²) in [7, 11) is 4.57. The summed E-state index contributed by atoms with van der Waals surface area (Å²) in [5.74, 6) is -1.25. The average molecular weight is 609 g/mol. The van der Waals surface area contributed by atoms with Crippen molar-refractivity contribution in [1.82, 2.24) is 5.32 Å². The number of benzene rings is 1. The van der Waals surface area contributed by atoms with Crippen molar-refractivity contribution in [2.45, 2.75) is 89.1 Å². The van der Waals surface area contributed by atoms with Gasteiger partial charge in [0.2, 0.25) is 5.91 Å². The summed E-state index contributed by atoms with van der Waals surface area (Å²) in [6.07, 6.45) is 0.667. The van der Waals surface area contributed by atoms with Crippen molar-refractivity contribution in [1.29, 1.82) is 0 Å². The fraction of sp³-hybridized carbons (Fsp3) is 0.633. The molecule has 2 N–H and O–H groups in total. The molecule has 2 amide bonds. The summed E-state index contributed by atoms with van der Waals surface area (Å²) < 4.78 is 28.7. The molecule has 4 rings (SSSR count). The monoisotopic (exact) mass is 608 g/mol. The maximum Gasteiger partial charge on any atom is 0.409 e. The lowest BCUT2D eigenvalue weighted by atomic mass is 9.83. The molecule has 2 saturated heterocycles. The van der Waals surface area contributed by atoms with Gasteiger partial charge in [-0.05, 0) is 37.5 Å². The third-order valence-electron chi connectivity index (χ3n) is 8.44. The number of epoxide rings is 1. The summed E-state index contributed by atoms with van der Waals surface area (Å²) >= 11 is 6.64. The summed E-state index contributed by atoms with van der Waals surface area (Å²) in [5, 5.41) is 14.3. The molecule has 2 fully saturated rings. The number of hydrogen-bond acceptors (Lipinski definition) is 9. The van der Waals surface area contributed by atoms with Gasteiger partial charge in [-0.3, -0.25) is 14.9 Å². The molecule has 3 aliphatic heterocycles. The van der Waals surface area contributed by atoms with Crippen LogP contribution in [0.4, 0.5) is 10.5 Å². The Morgan fingerprint density at radius 3 is 2.62 bits per heavy atom. The van der Waals surface area contributed by atoms with E-state index in [1.54, 1.807) is 40.0 Å². The summed E-state index contributed by atoms with van der Waals surface area (Å²) in [6, 6.07) is 3.62. The molecule has 42 heavy (non-hydrogen) atoms. The molecule has 232 valence electrons. The normalized spacial score (nSPS) is 34.3. The molecule has 3 aliphatic rings. The number of nitrogens with zero attached hydrogens (tertiary/aromatic N) is 1. The number of anilines is 1. The fourth-order valence-corrected chi connectivity index (χ4v) is 6.01. The van der Waals surface area contributed by atoms with Gasteiger partial charge in [0.05, 0.1) is 31.2 Å². The molecule has 0 unspecified atom stereocenters. The highest BCUT2D eigenvalue weighted by Crippen LogP contribution is 2.49. The van der Waals surface area contributed by atoms with Crippen molar-refractivity contribution in [2.75, 3.05) is 26.2 Å². The van der Waals surface area contributed by atoms with Crippen LogP contribution in [0.15, 0.2) is 24.3 Å². The van der Waals surface area contributed by atoms with Crippen LogP contribution in [0.5, 0.6) is 5.75 Å². The number of halogens is 1. The number of esters is 1. The molecule has 4 bridgehead atoms. The van der Waals surface area contributed by atoms with Crippen molar-refractivity contribution in [2.24, 2.45) is 11.8 Å². The van der Waals surface area contributed by atoms with Crippen LogP contribution in [-0.4, -0.2) is 80.1 Å². The zero-order valence-corrected chi connectivity index (χ0v) is 25.9. The van der Waals surface area contributed by atoms with Crippen LogP contribution in [0.3, 0.4) is 0 Å². The molecule has 12 heteroatoms. The molecule has 11 nitrogen and oxygen atoms in total. The van der Waals surface area contributed by atoms with Gasteiger partial charge < -0.3 is 33.7 Å². The average Bonchev–Trinajstić information content (AvgIpc) is 3.63. The first-order chi connectivity index (χ1) is 19.7. The Bertz CT molecular complexity index is 1240. The number of fused-ring (bicyclic) bond motifs is 5. The van der Waals surface area contributed by atoms with Crippen LogP contribution >= 0.6 is 11.6 Å². The van der Waals surface area contributed by atoms with Gasteiger partial charge in [0.25, 0.3) is 0 Å². The van der Waals surface area contributed by atoms with E-state index in [-0.39, 0.29) is 23.8 Å². The SMILES string of the molecule is COc1cc2cc(c1Cl)N(C)C(=O)C[C@H](OC(=O)C(C)C)[C@@]1(C)O[C@H]1[C@H](C)[C@@H]1C[C@@](O)(NC(=O)O1)[C@H](OC)/C=C/CC2. The molecule has 0 saturated carbocycles. The Labute approximate surface area is 251 Å². The van der Waals surface area contributed by atoms with Crippen molar-refractivity contribution >= 4 is 35.3 Å². The molecular formula is C30H41ClN2O9. The van der Waals surface area contributed by atoms with Gasteiger partial charge in [0, 0.05) is 26.5 Å². The number of aryl methyl sites for hydroxylation is 1. The Kier molecular flexibility index (Phi) is 9.46. The van der Waals surface area contributed by atoms with Crippen LogP contribution in [0.2, 0.25) is 5.02 Å². The molecule has 1 aromatic rings. The van der Waals surface area contributed by atoms with Crippen LogP contribution < -0.4 is 15.0 Å². The minimum Gasteiger partial charge on any atom is -0.495 e. The molecule has 7 atom stereocenters. The number of nitrogens with one attached hydrogen (secondary N) is 1. The lowest BCUT2D eigenvalue weighted by Crippen LogP contribution is -2.63. The van der Waals surface area contributed by atoms with Crippen LogP contribution in [0.1, 0.15) is 52.5 Å².